The van der Waals surface area contributed by atoms with Gasteiger partial charge in [0, 0.05) is 45.1 Å². The van der Waals surface area contributed by atoms with Crippen molar-refractivity contribution in [2.24, 2.45) is 0 Å². The van der Waals surface area contributed by atoms with Crippen molar-refractivity contribution in [2.75, 3.05) is 44.2 Å². The Morgan fingerprint density at radius 1 is 0.897 bits per heavy atom. The van der Waals surface area contributed by atoms with Gasteiger partial charge in [0.25, 0.3) is 15.9 Å². The topological polar surface area (TPSA) is 86.7 Å². The Kier molecular flexibility index (Phi) is 6.71. The monoisotopic (exact) mass is 437 g/mol. The van der Waals surface area contributed by atoms with Crippen LogP contribution < -0.4 is 4.90 Å². The molecular formula is C19H24ClN5O3S. The Balaban J connectivity index is 0.00000240. The van der Waals surface area contributed by atoms with Gasteiger partial charge >= 0.3 is 0 Å². The standard InChI is InChI=1S/C19H23N5O3S.ClH/c25-18-16-6-1-2-7-17(16)28(26,27)24(18)11-4-3-10-22-12-14-23(15-13-22)19-20-8-5-9-21-19;/h1-2,5-9H,3-4,10-15H2;1H. The van der Waals surface area contributed by atoms with Gasteiger partial charge in [-0.25, -0.2) is 22.7 Å². The molecule has 1 fully saturated rings. The predicted molar refractivity (Wildman–Crippen MR) is 112 cm³/mol. The van der Waals surface area contributed by atoms with E-state index in [0.717, 1.165) is 49.4 Å². The summed E-state index contributed by atoms with van der Waals surface area (Å²) >= 11 is 0. The molecular weight excluding hydrogens is 414 g/mol. The van der Waals surface area contributed by atoms with E-state index in [2.05, 4.69) is 19.8 Å². The normalized spacial score (nSPS) is 18.4. The summed E-state index contributed by atoms with van der Waals surface area (Å²) in [5.41, 5.74) is 0.279. The number of halogens is 1. The molecule has 1 amide bonds. The number of hydrogen-bond donors (Lipinski definition) is 0. The molecule has 156 valence electrons. The van der Waals surface area contributed by atoms with Crippen LogP contribution in [0.2, 0.25) is 0 Å². The summed E-state index contributed by atoms with van der Waals surface area (Å²) in [5, 5.41) is 0. The first-order valence-electron chi connectivity index (χ1n) is 9.48. The van der Waals surface area contributed by atoms with Crippen molar-refractivity contribution in [3.8, 4) is 0 Å². The zero-order valence-corrected chi connectivity index (χ0v) is 17.6. The van der Waals surface area contributed by atoms with Crippen molar-refractivity contribution in [3.63, 3.8) is 0 Å². The predicted octanol–water partition coefficient (Wildman–Crippen LogP) is 1.65. The molecule has 0 radical (unpaired) electrons. The van der Waals surface area contributed by atoms with Gasteiger partial charge in [-0.1, -0.05) is 12.1 Å². The van der Waals surface area contributed by atoms with Crippen molar-refractivity contribution in [3.05, 3.63) is 48.3 Å². The van der Waals surface area contributed by atoms with Crippen molar-refractivity contribution >= 4 is 34.3 Å². The molecule has 1 aromatic heterocycles. The van der Waals surface area contributed by atoms with Crippen molar-refractivity contribution in [1.82, 2.24) is 19.2 Å². The molecule has 2 aliphatic rings. The van der Waals surface area contributed by atoms with Crippen LogP contribution in [0, 0.1) is 0 Å². The lowest BCUT2D eigenvalue weighted by Gasteiger charge is -2.34. The van der Waals surface area contributed by atoms with Gasteiger partial charge in [0.2, 0.25) is 5.95 Å². The molecule has 0 N–H and O–H groups in total. The first-order valence-corrected chi connectivity index (χ1v) is 10.9. The average Bonchev–Trinajstić information content (AvgIpc) is 2.93. The van der Waals surface area contributed by atoms with Crippen LogP contribution in [0.4, 0.5) is 5.95 Å². The second-order valence-corrected chi connectivity index (χ2v) is 8.79. The number of hydrogen-bond acceptors (Lipinski definition) is 7. The summed E-state index contributed by atoms with van der Waals surface area (Å²) in [6.45, 7) is 4.71. The van der Waals surface area contributed by atoms with Crippen LogP contribution in [0.25, 0.3) is 0 Å². The molecule has 0 unspecified atom stereocenters. The molecule has 0 atom stereocenters. The highest BCUT2D eigenvalue weighted by molar-refractivity contribution is 7.90. The molecule has 0 bridgehead atoms. The lowest BCUT2D eigenvalue weighted by Crippen LogP contribution is -2.47. The smallest absolute Gasteiger partial charge is 0.269 e. The van der Waals surface area contributed by atoms with E-state index in [-0.39, 0.29) is 29.4 Å². The molecule has 10 heteroatoms. The first-order chi connectivity index (χ1) is 13.6. The van der Waals surface area contributed by atoms with Gasteiger partial charge in [0.1, 0.15) is 4.90 Å². The maximum Gasteiger partial charge on any atom is 0.269 e. The van der Waals surface area contributed by atoms with Crippen LogP contribution in [-0.4, -0.2) is 72.8 Å². The lowest BCUT2D eigenvalue weighted by molar-refractivity contribution is 0.0868. The van der Waals surface area contributed by atoms with Crippen LogP contribution >= 0.6 is 12.4 Å². The molecule has 1 aromatic carbocycles. The van der Waals surface area contributed by atoms with Gasteiger partial charge in [0.15, 0.2) is 0 Å². The third-order valence-electron chi connectivity index (χ3n) is 5.20. The van der Waals surface area contributed by atoms with E-state index in [1.54, 1.807) is 30.6 Å². The Morgan fingerprint density at radius 2 is 1.55 bits per heavy atom. The quantitative estimate of drug-likeness (QED) is 0.635. The minimum absolute atomic E-state index is 0. The third-order valence-corrected chi connectivity index (χ3v) is 7.05. The third kappa shape index (κ3) is 4.36. The Labute approximate surface area is 177 Å². The Morgan fingerprint density at radius 3 is 2.24 bits per heavy atom. The highest BCUT2D eigenvalue weighted by Crippen LogP contribution is 2.30. The summed E-state index contributed by atoms with van der Waals surface area (Å²) in [6.07, 6.45) is 5.00. The van der Waals surface area contributed by atoms with Crippen LogP contribution in [0.5, 0.6) is 0 Å². The number of unbranched alkanes of at least 4 members (excludes halogenated alkanes) is 1. The Hall–Kier alpha value is -2.23. The average molecular weight is 438 g/mol. The van der Waals surface area contributed by atoms with Crippen molar-refractivity contribution < 1.29 is 13.2 Å². The van der Waals surface area contributed by atoms with E-state index in [9.17, 15) is 13.2 Å². The van der Waals surface area contributed by atoms with E-state index in [0.29, 0.717) is 6.42 Å². The number of amides is 1. The maximum absolute atomic E-state index is 12.5. The zero-order chi connectivity index (χ0) is 19.6. The van der Waals surface area contributed by atoms with E-state index in [1.165, 1.54) is 6.07 Å². The maximum atomic E-state index is 12.5. The summed E-state index contributed by atoms with van der Waals surface area (Å²) in [6, 6.07) is 8.22. The van der Waals surface area contributed by atoms with Gasteiger partial charge < -0.3 is 4.90 Å². The summed E-state index contributed by atoms with van der Waals surface area (Å²) in [5.74, 6) is 0.353. The molecule has 3 heterocycles. The number of benzene rings is 1. The lowest BCUT2D eigenvalue weighted by atomic mass is 10.2. The highest BCUT2D eigenvalue weighted by atomic mass is 35.5. The molecule has 1 saturated heterocycles. The fraction of sp³-hybridized carbons (Fsp3) is 0.421. The number of sulfonamides is 1. The van der Waals surface area contributed by atoms with Crippen LogP contribution in [0.3, 0.4) is 0 Å². The van der Waals surface area contributed by atoms with E-state index >= 15 is 0 Å². The number of rotatable bonds is 6. The summed E-state index contributed by atoms with van der Waals surface area (Å²) in [7, 11) is -3.69. The second kappa shape index (κ2) is 9.06. The van der Waals surface area contributed by atoms with Crippen LogP contribution in [-0.2, 0) is 10.0 Å². The number of aromatic nitrogens is 2. The van der Waals surface area contributed by atoms with Crippen LogP contribution in [0.1, 0.15) is 23.2 Å². The van der Waals surface area contributed by atoms with Gasteiger partial charge in [-0.15, -0.1) is 12.4 Å². The number of fused-ring (bicyclic) bond motifs is 1. The molecule has 29 heavy (non-hydrogen) atoms. The number of anilines is 1. The zero-order valence-electron chi connectivity index (χ0n) is 16.0. The number of carbonyl (C=O) groups is 1. The molecule has 0 spiro atoms. The number of nitrogens with zero attached hydrogens (tertiary/aromatic N) is 5. The Bertz CT molecular complexity index is 949. The molecule has 0 aliphatic carbocycles. The van der Waals surface area contributed by atoms with E-state index in [1.807, 2.05) is 6.07 Å². The highest BCUT2D eigenvalue weighted by Gasteiger charge is 2.40. The van der Waals surface area contributed by atoms with Gasteiger partial charge in [-0.3, -0.25) is 9.69 Å². The fourth-order valence-corrected chi connectivity index (χ4v) is 5.28. The van der Waals surface area contributed by atoms with Gasteiger partial charge in [-0.05, 0) is 37.6 Å². The molecule has 0 saturated carbocycles. The molecule has 2 aromatic rings. The minimum atomic E-state index is -3.69. The van der Waals surface area contributed by atoms with Crippen molar-refractivity contribution in [1.29, 1.82) is 0 Å². The number of carbonyl (C=O) groups excluding carboxylic acids is 1. The second-order valence-electron chi connectivity index (χ2n) is 6.96. The molecule has 4 rings (SSSR count). The largest absolute Gasteiger partial charge is 0.338 e. The molecule has 8 nitrogen and oxygen atoms in total. The van der Waals surface area contributed by atoms with Gasteiger partial charge in [0.05, 0.1) is 5.56 Å². The molecule has 2 aliphatic heterocycles. The van der Waals surface area contributed by atoms with Crippen molar-refractivity contribution in [2.45, 2.75) is 17.7 Å². The van der Waals surface area contributed by atoms with E-state index in [4.69, 9.17) is 0 Å². The summed E-state index contributed by atoms with van der Waals surface area (Å²) in [4.78, 5) is 25.6. The fourth-order valence-electron chi connectivity index (χ4n) is 3.67. The minimum Gasteiger partial charge on any atom is -0.338 e. The summed E-state index contributed by atoms with van der Waals surface area (Å²) < 4.78 is 26.1. The van der Waals surface area contributed by atoms with Crippen LogP contribution in [0.15, 0.2) is 47.6 Å². The van der Waals surface area contributed by atoms with Gasteiger partial charge in [-0.2, -0.15) is 0 Å². The first kappa shape index (κ1) is 21.5. The van der Waals surface area contributed by atoms with E-state index < -0.39 is 15.9 Å². The number of piperazine rings is 1. The SMILES string of the molecule is Cl.O=C1c2ccccc2S(=O)(=O)N1CCCCN1CCN(c2ncccn2)CC1.